The molecule has 0 saturated heterocycles. The lowest BCUT2D eigenvalue weighted by molar-refractivity contribution is -0.114. The fourth-order valence-corrected chi connectivity index (χ4v) is 5.33. The number of amidine groups is 2. The number of thioether (sulfide) groups is 2. The first-order chi connectivity index (χ1) is 14.9. The molecule has 1 amide bonds. The van der Waals surface area contributed by atoms with Crippen molar-refractivity contribution in [2.45, 2.75) is 27.7 Å². The van der Waals surface area contributed by atoms with Crippen LogP contribution in [0.15, 0.2) is 46.0 Å². The van der Waals surface area contributed by atoms with Gasteiger partial charge in [0.05, 0.1) is 12.2 Å². The van der Waals surface area contributed by atoms with Gasteiger partial charge < -0.3 is 9.30 Å². The number of carbonyl (C=O) groups excluding carboxylic acids is 1. The Kier molecular flexibility index (Phi) is 6.06. The first-order valence-electron chi connectivity index (χ1n) is 9.98. The van der Waals surface area contributed by atoms with Crippen LogP contribution >= 0.6 is 23.5 Å². The minimum Gasteiger partial charge on any atom is -0.494 e. The first-order valence-corrected chi connectivity index (χ1v) is 11.8. The first kappa shape index (κ1) is 21.5. The molecule has 3 heterocycles. The molecule has 1 N–H and O–H groups in total. The summed E-state index contributed by atoms with van der Waals surface area (Å²) in [6.45, 7) is 8.64. The number of rotatable bonds is 5. The van der Waals surface area contributed by atoms with Gasteiger partial charge in [0.2, 0.25) is 5.17 Å². The lowest BCUT2D eigenvalue weighted by atomic mass is 10.1. The highest BCUT2D eigenvalue weighted by molar-refractivity contribution is 8.45. The number of aliphatic imine (C=N–C) groups is 1. The van der Waals surface area contributed by atoms with Crippen LogP contribution in [0.25, 0.3) is 11.8 Å². The molecule has 160 valence electrons. The van der Waals surface area contributed by atoms with Gasteiger partial charge in [-0.15, -0.1) is 5.10 Å². The van der Waals surface area contributed by atoms with E-state index in [2.05, 4.69) is 14.7 Å². The Morgan fingerprint density at radius 3 is 2.65 bits per heavy atom. The van der Waals surface area contributed by atoms with Gasteiger partial charge in [-0.3, -0.25) is 10.2 Å². The number of hydrazone groups is 1. The van der Waals surface area contributed by atoms with Crippen molar-refractivity contribution in [1.29, 1.82) is 5.41 Å². The van der Waals surface area contributed by atoms with Crippen molar-refractivity contribution in [3.05, 3.63) is 52.9 Å². The van der Waals surface area contributed by atoms with Crippen LogP contribution in [0.4, 0.5) is 0 Å². The van der Waals surface area contributed by atoms with Crippen LogP contribution in [-0.2, 0) is 4.79 Å². The Morgan fingerprint density at radius 2 is 1.97 bits per heavy atom. The van der Waals surface area contributed by atoms with Crippen molar-refractivity contribution in [3.63, 3.8) is 0 Å². The topological polar surface area (TPSA) is 83.0 Å². The summed E-state index contributed by atoms with van der Waals surface area (Å²) in [4.78, 5) is 16.8. The molecule has 2 aliphatic rings. The molecule has 0 atom stereocenters. The van der Waals surface area contributed by atoms with E-state index in [9.17, 15) is 4.79 Å². The number of hydrogen-bond acceptors (Lipinski definition) is 6. The predicted molar refractivity (Wildman–Crippen MR) is 130 cm³/mol. The maximum atomic E-state index is 12.7. The number of nitrogens with zero attached hydrogens (tertiary/aromatic N) is 4. The van der Waals surface area contributed by atoms with E-state index in [1.165, 1.54) is 16.8 Å². The van der Waals surface area contributed by atoms with Crippen LogP contribution < -0.4 is 4.74 Å². The molecule has 2 aromatic rings. The maximum absolute atomic E-state index is 12.7. The van der Waals surface area contributed by atoms with Gasteiger partial charge >= 0.3 is 0 Å². The second-order valence-corrected chi connectivity index (χ2v) is 9.37. The minimum atomic E-state index is -0.410. The van der Waals surface area contributed by atoms with Crippen molar-refractivity contribution in [3.8, 4) is 11.4 Å². The zero-order valence-electron chi connectivity index (χ0n) is 17.8. The summed E-state index contributed by atoms with van der Waals surface area (Å²) in [5.74, 6) is 1.34. The second-order valence-electron chi connectivity index (χ2n) is 6.91. The number of nitrogens with one attached hydrogen (secondary N) is 1. The highest BCUT2D eigenvalue weighted by Crippen LogP contribution is 2.33. The van der Waals surface area contributed by atoms with Crippen LogP contribution in [0.1, 0.15) is 30.8 Å². The van der Waals surface area contributed by atoms with Crippen LogP contribution in [0.3, 0.4) is 0 Å². The number of aromatic nitrogens is 1. The van der Waals surface area contributed by atoms with E-state index in [0.29, 0.717) is 11.8 Å². The monoisotopic (exact) mass is 453 g/mol. The lowest BCUT2D eigenvalue weighted by Crippen LogP contribution is -2.35. The van der Waals surface area contributed by atoms with Gasteiger partial charge in [-0.1, -0.05) is 18.7 Å². The number of amides is 1. The van der Waals surface area contributed by atoms with E-state index in [-0.39, 0.29) is 11.4 Å². The minimum absolute atomic E-state index is 0.0556. The summed E-state index contributed by atoms with van der Waals surface area (Å²) in [6, 6.07) is 9.92. The van der Waals surface area contributed by atoms with Gasteiger partial charge in [0.1, 0.15) is 5.75 Å². The van der Waals surface area contributed by atoms with Crippen LogP contribution in [0.2, 0.25) is 0 Å². The largest absolute Gasteiger partial charge is 0.494 e. The van der Waals surface area contributed by atoms with Gasteiger partial charge in [-0.2, -0.15) is 10.0 Å². The summed E-state index contributed by atoms with van der Waals surface area (Å²) in [5, 5.41) is 14.9. The maximum Gasteiger partial charge on any atom is 0.283 e. The molecule has 9 heteroatoms. The second kappa shape index (κ2) is 8.76. The normalized spacial score (nSPS) is 17.2. The lowest BCUT2D eigenvalue weighted by Gasteiger charge is -2.20. The van der Waals surface area contributed by atoms with Crippen LogP contribution in [0.5, 0.6) is 5.75 Å². The molecule has 7 nitrogen and oxygen atoms in total. The molecule has 4 rings (SSSR count). The highest BCUT2D eigenvalue weighted by Gasteiger charge is 2.35. The van der Waals surface area contributed by atoms with Crippen molar-refractivity contribution in [2.24, 2.45) is 10.1 Å². The molecule has 0 saturated carbocycles. The summed E-state index contributed by atoms with van der Waals surface area (Å²) < 4.78 is 8.45. The third kappa shape index (κ3) is 4.07. The summed E-state index contributed by atoms with van der Waals surface area (Å²) in [7, 11) is 0. The molecule has 1 aromatic carbocycles. The zero-order chi connectivity index (χ0) is 22.1. The third-order valence-electron chi connectivity index (χ3n) is 4.88. The molecule has 0 bridgehead atoms. The van der Waals surface area contributed by atoms with E-state index >= 15 is 0 Å². The molecule has 0 spiro atoms. The zero-order valence-corrected chi connectivity index (χ0v) is 19.4. The number of fused-ring (bicyclic) bond motifs is 1. The predicted octanol–water partition coefficient (Wildman–Crippen LogP) is 4.82. The van der Waals surface area contributed by atoms with Crippen LogP contribution in [-0.4, -0.2) is 43.2 Å². The van der Waals surface area contributed by atoms with Crippen molar-refractivity contribution in [2.75, 3.05) is 12.4 Å². The summed E-state index contributed by atoms with van der Waals surface area (Å²) in [5.41, 5.74) is 4.13. The molecular weight excluding hydrogens is 430 g/mol. The molecule has 0 fully saturated rings. The van der Waals surface area contributed by atoms with Gasteiger partial charge in [-0.05, 0) is 80.3 Å². The Balaban J connectivity index is 1.67. The Bertz CT molecular complexity index is 1150. The average molecular weight is 454 g/mol. The van der Waals surface area contributed by atoms with E-state index < -0.39 is 5.91 Å². The molecule has 0 unspecified atom stereocenters. The van der Waals surface area contributed by atoms with Crippen molar-refractivity contribution in [1.82, 2.24) is 9.58 Å². The Hall–Kier alpha value is -2.78. The number of ether oxygens (including phenoxy) is 1. The SMILES string of the molecule is CCOc1ccc(-n2c(C)cc(/C=C3\C(=N)N4N=C(SCC)SC4=NC3=O)c2C)cc1. The summed E-state index contributed by atoms with van der Waals surface area (Å²) in [6.07, 6.45) is 1.74. The molecule has 1 aromatic heterocycles. The highest BCUT2D eigenvalue weighted by atomic mass is 32.2. The van der Waals surface area contributed by atoms with E-state index in [4.69, 9.17) is 10.1 Å². The van der Waals surface area contributed by atoms with E-state index in [0.717, 1.165) is 38.5 Å². The number of carbonyl (C=O) groups is 1. The Labute approximate surface area is 189 Å². The molecular formula is C22H23N5O2S2. The van der Waals surface area contributed by atoms with E-state index in [1.54, 1.807) is 17.8 Å². The van der Waals surface area contributed by atoms with Crippen molar-refractivity contribution >= 4 is 50.9 Å². The van der Waals surface area contributed by atoms with Gasteiger partial charge in [0, 0.05) is 17.1 Å². The smallest absolute Gasteiger partial charge is 0.283 e. The molecule has 31 heavy (non-hydrogen) atoms. The Morgan fingerprint density at radius 1 is 1.23 bits per heavy atom. The van der Waals surface area contributed by atoms with Crippen molar-refractivity contribution < 1.29 is 9.53 Å². The quantitative estimate of drug-likeness (QED) is 0.656. The molecule has 0 radical (unpaired) electrons. The number of benzene rings is 1. The molecule has 0 aliphatic carbocycles. The van der Waals surface area contributed by atoms with Gasteiger partial charge in [0.15, 0.2) is 10.2 Å². The third-order valence-corrected chi connectivity index (χ3v) is 6.80. The fraction of sp³-hybridized carbons (Fsp3) is 0.273. The number of aryl methyl sites for hydroxylation is 1. The standard InChI is InChI=1S/C22H23N5O2S2/c1-5-29-17-9-7-16(8-10-17)26-13(3)11-15(14(26)4)12-18-19(23)27-21(24-20(18)28)31-22(25-27)30-6-2/h7-12,23H,5-6H2,1-4H3/b18-12+,23-19?. The fourth-order valence-electron chi connectivity index (χ4n) is 3.50. The van der Waals surface area contributed by atoms with E-state index in [1.807, 2.05) is 58.0 Å². The average Bonchev–Trinajstić information content (AvgIpc) is 3.26. The van der Waals surface area contributed by atoms with Gasteiger partial charge in [0.25, 0.3) is 5.91 Å². The van der Waals surface area contributed by atoms with Gasteiger partial charge in [-0.25, -0.2) is 0 Å². The number of hydrogen-bond donors (Lipinski definition) is 1. The molecule has 2 aliphatic heterocycles. The summed E-state index contributed by atoms with van der Waals surface area (Å²) >= 11 is 2.91. The van der Waals surface area contributed by atoms with Crippen LogP contribution in [0, 0.1) is 19.3 Å².